The van der Waals surface area contributed by atoms with Gasteiger partial charge in [-0.3, -0.25) is 14.6 Å². The minimum Gasteiger partial charge on any atom is -0.345 e. The lowest BCUT2D eigenvalue weighted by atomic mass is 9.90. The maximum atomic E-state index is 12.7. The van der Waals surface area contributed by atoms with Crippen LogP contribution in [-0.2, 0) is 16.0 Å². The third-order valence-corrected chi connectivity index (χ3v) is 4.18. The van der Waals surface area contributed by atoms with Crippen LogP contribution in [0.5, 0.6) is 0 Å². The standard InChI is InChI=1S/C20H22N4O2/c1-20(2,18(25)23-17-6-4-5-16(13-17)14-21)19(26)24(3)12-9-15-7-10-22-11-8-15/h4-8,10-11,13H,9,12H2,1-3H3,(H,23,25). The van der Waals surface area contributed by atoms with Gasteiger partial charge >= 0.3 is 0 Å². The Labute approximate surface area is 153 Å². The normalized spacial score (nSPS) is 10.7. The number of carbonyl (C=O) groups is 2. The Balaban J connectivity index is 2.00. The fraction of sp³-hybridized carbons (Fsp3) is 0.300. The second-order valence-corrected chi connectivity index (χ2v) is 6.60. The summed E-state index contributed by atoms with van der Waals surface area (Å²) in [4.78, 5) is 30.9. The predicted molar refractivity (Wildman–Crippen MR) is 99.1 cm³/mol. The lowest BCUT2D eigenvalue weighted by molar-refractivity contribution is -0.145. The zero-order valence-corrected chi connectivity index (χ0v) is 15.2. The summed E-state index contributed by atoms with van der Waals surface area (Å²) in [6, 6.07) is 12.4. The fourth-order valence-electron chi connectivity index (χ4n) is 2.48. The number of rotatable bonds is 6. The molecule has 0 bridgehead atoms. The molecule has 0 aliphatic heterocycles. The summed E-state index contributed by atoms with van der Waals surface area (Å²) in [5, 5.41) is 11.7. The number of benzene rings is 1. The van der Waals surface area contributed by atoms with Gasteiger partial charge < -0.3 is 10.2 Å². The van der Waals surface area contributed by atoms with E-state index >= 15 is 0 Å². The Morgan fingerprint density at radius 1 is 1.23 bits per heavy atom. The summed E-state index contributed by atoms with van der Waals surface area (Å²) in [5.41, 5.74) is 0.793. The first kappa shape index (κ1) is 19.1. The van der Waals surface area contributed by atoms with E-state index in [2.05, 4.69) is 10.3 Å². The van der Waals surface area contributed by atoms with Crippen molar-refractivity contribution >= 4 is 17.5 Å². The molecule has 6 nitrogen and oxygen atoms in total. The number of nitrogens with zero attached hydrogens (tertiary/aromatic N) is 3. The van der Waals surface area contributed by atoms with Gasteiger partial charge in [0.2, 0.25) is 11.8 Å². The van der Waals surface area contributed by atoms with E-state index < -0.39 is 11.3 Å². The van der Waals surface area contributed by atoms with E-state index in [0.29, 0.717) is 24.2 Å². The van der Waals surface area contributed by atoms with Crippen LogP contribution in [-0.4, -0.2) is 35.3 Å². The van der Waals surface area contributed by atoms with Crippen LogP contribution in [0.15, 0.2) is 48.8 Å². The van der Waals surface area contributed by atoms with E-state index in [9.17, 15) is 9.59 Å². The summed E-state index contributed by atoms with van der Waals surface area (Å²) in [5.74, 6) is -0.672. The van der Waals surface area contributed by atoms with E-state index in [4.69, 9.17) is 5.26 Å². The second-order valence-electron chi connectivity index (χ2n) is 6.60. The van der Waals surface area contributed by atoms with Crippen molar-refractivity contribution in [2.75, 3.05) is 18.9 Å². The molecule has 0 radical (unpaired) electrons. The van der Waals surface area contributed by atoms with Crippen LogP contribution in [0, 0.1) is 16.7 Å². The Morgan fingerprint density at radius 2 is 1.92 bits per heavy atom. The molecule has 2 amide bonds. The predicted octanol–water partition coefficient (Wildman–Crippen LogP) is 2.62. The van der Waals surface area contributed by atoms with Crippen molar-refractivity contribution in [1.29, 1.82) is 5.26 Å². The number of aromatic nitrogens is 1. The van der Waals surface area contributed by atoms with Crippen LogP contribution in [0.25, 0.3) is 0 Å². The van der Waals surface area contributed by atoms with E-state index in [1.54, 1.807) is 62.5 Å². The van der Waals surface area contributed by atoms with Gasteiger partial charge in [-0.05, 0) is 56.2 Å². The van der Waals surface area contributed by atoms with Gasteiger partial charge in [0.15, 0.2) is 0 Å². The maximum Gasteiger partial charge on any atom is 0.239 e. The number of carbonyl (C=O) groups excluding carboxylic acids is 2. The molecule has 0 aliphatic carbocycles. The van der Waals surface area contributed by atoms with Crippen molar-refractivity contribution in [3.63, 3.8) is 0 Å². The topological polar surface area (TPSA) is 86.1 Å². The lowest BCUT2D eigenvalue weighted by Crippen LogP contribution is -2.46. The number of amides is 2. The van der Waals surface area contributed by atoms with Crippen LogP contribution in [0.2, 0.25) is 0 Å². The molecule has 0 saturated carbocycles. The van der Waals surface area contributed by atoms with Gasteiger partial charge in [-0.25, -0.2) is 0 Å². The van der Waals surface area contributed by atoms with E-state index in [1.807, 2.05) is 18.2 Å². The number of likely N-dealkylation sites (N-methyl/N-ethyl adjacent to an activating group) is 1. The lowest BCUT2D eigenvalue weighted by Gasteiger charge is -2.28. The second kappa shape index (κ2) is 8.26. The average molecular weight is 350 g/mol. The summed E-state index contributed by atoms with van der Waals surface area (Å²) in [7, 11) is 1.69. The van der Waals surface area contributed by atoms with E-state index in [-0.39, 0.29) is 5.91 Å². The minimum atomic E-state index is -1.23. The number of hydrogen-bond acceptors (Lipinski definition) is 4. The number of hydrogen-bond donors (Lipinski definition) is 1. The highest BCUT2D eigenvalue weighted by molar-refractivity contribution is 6.09. The van der Waals surface area contributed by atoms with Gasteiger partial charge in [0.05, 0.1) is 11.6 Å². The molecule has 0 saturated heterocycles. The van der Waals surface area contributed by atoms with Crippen LogP contribution >= 0.6 is 0 Å². The van der Waals surface area contributed by atoms with Gasteiger partial charge in [0.25, 0.3) is 0 Å². The molecular formula is C20H22N4O2. The van der Waals surface area contributed by atoms with Crippen molar-refractivity contribution in [2.24, 2.45) is 5.41 Å². The number of pyridine rings is 1. The summed E-state index contributed by atoms with van der Waals surface area (Å²) in [6.45, 7) is 3.70. The largest absolute Gasteiger partial charge is 0.345 e. The quantitative estimate of drug-likeness (QED) is 0.812. The molecule has 1 aromatic carbocycles. The van der Waals surface area contributed by atoms with Gasteiger partial charge in [-0.2, -0.15) is 5.26 Å². The summed E-state index contributed by atoms with van der Waals surface area (Å²) >= 11 is 0. The fourth-order valence-corrected chi connectivity index (χ4v) is 2.48. The molecule has 1 aromatic heterocycles. The first-order valence-electron chi connectivity index (χ1n) is 8.30. The van der Waals surface area contributed by atoms with Crippen LogP contribution < -0.4 is 5.32 Å². The third-order valence-electron chi connectivity index (χ3n) is 4.18. The van der Waals surface area contributed by atoms with Gasteiger partial charge in [-0.1, -0.05) is 6.07 Å². The molecular weight excluding hydrogens is 328 g/mol. The Morgan fingerprint density at radius 3 is 2.58 bits per heavy atom. The molecule has 0 atom stereocenters. The summed E-state index contributed by atoms with van der Waals surface area (Å²) in [6.07, 6.45) is 4.11. The van der Waals surface area contributed by atoms with Crippen LogP contribution in [0.1, 0.15) is 25.0 Å². The van der Waals surface area contributed by atoms with Gasteiger partial charge in [0.1, 0.15) is 5.41 Å². The van der Waals surface area contributed by atoms with Gasteiger partial charge in [0, 0.05) is 31.7 Å². The molecule has 0 fully saturated rings. The van der Waals surface area contributed by atoms with Gasteiger partial charge in [-0.15, -0.1) is 0 Å². The molecule has 2 rings (SSSR count). The van der Waals surface area contributed by atoms with Crippen LogP contribution in [0.4, 0.5) is 5.69 Å². The molecule has 2 aromatic rings. The van der Waals surface area contributed by atoms with Crippen molar-refractivity contribution in [1.82, 2.24) is 9.88 Å². The molecule has 6 heteroatoms. The highest BCUT2D eigenvalue weighted by Crippen LogP contribution is 2.22. The zero-order valence-electron chi connectivity index (χ0n) is 15.2. The van der Waals surface area contributed by atoms with Crippen LogP contribution in [0.3, 0.4) is 0 Å². The smallest absolute Gasteiger partial charge is 0.239 e. The van der Waals surface area contributed by atoms with Crippen molar-refractivity contribution in [3.05, 3.63) is 59.9 Å². The SMILES string of the molecule is CN(CCc1ccncc1)C(=O)C(C)(C)C(=O)Nc1cccc(C#N)c1. The third kappa shape index (κ3) is 4.67. The van der Waals surface area contributed by atoms with Crippen molar-refractivity contribution in [3.8, 4) is 6.07 Å². The molecule has 1 N–H and O–H groups in total. The number of nitriles is 1. The van der Waals surface area contributed by atoms with E-state index in [0.717, 1.165) is 5.56 Å². The van der Waals surface area contributed by atoms with E-state index in [1.165, 1.54) is 0 Å². The number of anilines is 1. The maximum absolute atomic E-state index is 12.7. The van der Waals surface area contributed by atoms with Crippen molar-refractivity contribution in [2.45, 2.75) is 20.3 Å². The molecule has 0 unspecified atom stereocenters. The summed E-state index contributed by atoms with van der Waals surface area (Å²) < 4.78 is 0. The average Bonchev–Trinajstić information content (AvgIpc) is 2.66. The molecule has 0 spiro atoms. The Hall–Kier alpha value is -3.20. The molecule has 26 heavy (non-hydrogen) atoms. The number of nitrogens with one attached hydrogen (secondary N) is 1. The van der Waals surface area contributed by atoms with Crippen molar-refractivity contribution < 1.29 is 9.59 Å². The first-order valence-corrected chi connectivity index (χ1v) is 8.30. The Bertz CT molecular complexity index is 825. The highest BCUT2D eigenvalue weighted by atomic mass is 16.2. The zero-order chi connectivity index (χ0) is 19.2. The molecule has 134 valence electrons. The highest BCUT2D eigenvalue weighted by Gasteiger charge is 2.38. The first-order chi connectivity index (χ1) is 12.3. The molecule has 1 heterocycles. The minimum absolute atomic E-state index is 0.263. The monoisotopic (exact) mass is 350 g/mol. The Kier molecular flexibility index (Phi) is 6.07. The molecule has 0 aliphatic rings.